The molecule has 0 saturated carbocycles. The van der Waals surface area contributed by atoms with Crippen LogP contribution in [0.4, 0.5) is 0 Å². The predicted molar refractivity (Wildman–Crippen MR) is 71.3 cm³/mol. The molecular formula is C14H13BrO2. The number of carbonyl (C=O) groups excluding carboxylic acids is 1. The third-order valence-electron chi connectivity index (χ3n) is 2.63. The third-order valence-corrected chi connectivity index (χ3v) is 3.26. The van der Waals surface area contributed by atoms with Gasteiger partial charge >= 0.3 is 0 Å². The van der Waals surface area contributed by atoms with Gasteiger partial charge in [0.2, 0.25) is 0 Å². The third kappa shape index (κ3) is 2.34. The first-order chi connectivity index (χ1) is 7.99. The van der Waals surface area contributed by atoms with Crippen molar-refractivity contribution >= 4 is 21.7 Å². The summed E-state index contributed by atoms with van der Waals surface area (Å²) in [6, 6.07) is 7.68. The summed E-state index contributed by atoms with van der Waals surface area (Å²) in [5.41, 5.74) is 3.32. The number of ketones is 1. The highest BCUT2D eigenvalue weighted by Gasteiger charge is 2.13. The molecule has 2 rings (SSSR count). The zero-order valence-electron chi connectivity index (χ0n) is 10.0. The lowest BCUT2D eigenvalue weighted by Crippen LogP contribution is -1.88. The Morgan fingerprint density at radius 1 is 1.24 bits per heavy atom. The van der Waals surface area contributed by atoms with Crippen molar-refractivity contribution in [1.82, 2.24) is 0 Å². The molecule has 0 radical (unpaired) electrons. The Morgan fingerprint density at radius 3 is 2.47 bits per heavy atom. The van der Waals surface area contributed by atoms with Gasteiger partial charge in [0.25, 0.3) is 0 Å². The van der Waals surface area contributed by atoms with Crippen LogP contribution in [0.25, 0.3) is 11.3 Å². The second-order valence-corrected chi connectivity index (χ2v) is 5.01. The number of carbonyl (C=O) groups is 1. The van der Waals surface area contributed by atoms with Crippen molar-refractivity contribution in [2.45, 2.75) is 20.8 Å². The number of aryl methyl sites for hydroxylation is 2. The molecule has 0 unspecified atom stereocenters. The van der Waals surface area contributed by atoms with Gasteiger partial charge in [0.15, 0.2) is 11.5 Å². The monoisotopic (exact) mass is 292 g/mol. The molecular weight excluding hydrogens is 280 g/mol. The molecule has 1 aromatic heterocycles. The number of furan rings is 1. The lowest BCUT2D eigenvalue weighted by molar-refractivity contribution is 0.0988. The van der Waals surface area contributed by atoms with Crippen LogP contribution >= 0.6 is 15.9 Å². The van der Waals surface area contributed by atoms with Gasteiger partial charge in [-0.1, -0.05) is 22.0 Å². The van der Waals surface area contributed by atoms with Crippen LogP contribution in [0, 0.1) is 13.8 Å². The summed E-state index contributed by atoms with van der Waals surface area (Å²) in [7, 11) is 0. The highest BCUT2D eigenvalue weighted by molar-refractivity contribution is 9.10. The highest BCUT2D eigenvalue weighted by Crippen LogP contribution is 2.33. The maximum absolute atomic E-state index is 11.2. The number of rotatable bonds is 2. The predicted octanol–water partition coefficient (Wildman–Crippen LogP) is 4.53. The highest BCUT2D eigenvalue weighted by atomic mass is 79.9. The molecule has 2 nitrogen and oxygen atoms in total. The standard InChI is InChI=1S/C14H13BrO2/c1-8-6-9(2)14(11(15)7-8)13-5-4-12(17-13)10(3)16/h4-7H,1-3H3. The van der Waals surface area contributed by atoms with Gasteiger partial charge in [0.05, 0.1) is 0 Å². The molecule has 1 aromatic carbocycles. The van der Waals surface area contributed by atoms with E-state index >= 15 is 0 Å². The smallest absolute Gasteiger partial charge is 0.194 e. The van der Waals surface area contributed by atoms with Crippen LogP contribution in [0.3, 0.4) is 0 Å². The van der Waals surface area contributed by atoms with E-state index in [2.05, 4.69) is 22.0 Å². The number of halogens is 1. The van der Waals surface area contributed by atoms with E-state index in [1.165, 1.54) is 12.5 Å². The topological polar surface area (TPSA) is 30.2 Å². The first-order valence-corrected chi connectivity index (χ1v) is 6.16. The molecule has 0 aliphatic heterocycles. The summed E-state index contributed by atoms with van der Waals surface area (Å²) in [5.74, 6) is 1.06. The molecule has 0 aliphatic carbocycles. The minimum atomic E-state index is -0.0582. The molecule has 3 heteroatoms. The molecule has 0 fully saturated rings. The number of benzene rings is 1. The first kappa shape index (κ1) is 12.1. The van der Waals surface area contributed by atoms with E-state index in [-0.39, 0.29) is 5.78 Å². The number of Topliss-reactive ketones (excluding diaryl/α,β-unsaturated/α-hetero) is 1. The molecule has 17 heavy (non-hydrogen) atoms. The minimum Gasteiger partial charge on any atom is -0.453 e. The summed E-state index contributed by atoms with van der Waals surface area (Å²) in [4.78, 5) is 11.2. The van der Waals surface area contributed by atoms with E-state index in [9.17, 15) is 4.79 Å². The van der Waals surface area contributed by atoms with Crippen LogP contribution < -0.4 is 0 Å². The Kier molecular flexibility index (Phi) is 3.20. The Bertz CT molecular complexity index is 559. The lowest BCUT2D eigenvalue weighted by Gasteiger charge is -2.07. The van der Waals surface area contributed by atoms with E-state index in [1.807, 2.05) is 26.0 Å². The van der Waals surface area contributed by atoms with Gasteiger partial charge in [-0.2, -0.15) is 0 Å². The molecule has 1 heterocycles. The Morgan fingerprint density at radius 2 is 1.94 bits per heavy atom. The molecule has 0 saturated heterocycles. The fourth-order valence-electron chi connectivity index (χ4n) is 1.89. The Balaban J connectivity index is 2.56. The van der Waals surface area contributed by atoms with Gasteiger partial charge in [-0.25, -0.2) is 0 Å². The van der Waals surface area contributed by atoms with Crippen LogP contribution in [0.1, 0.15) is 28.6 Å². The van der Waals surface area contributed by atoms with Crippen LogP contribution in [-0.2, 0) is 0 Å². The second kappa shape index (κ2) is 4.49. The summed E-state index contributed by atoms with van der Waals surface area (Å²) < 4.78 is 6.54. The molecule has 0 atom stereocenters. The maximum Gasteiger partial charge on any atom is 0.194 e. The number of hydrogen-bond acceptors (Lipinski definition) is 2. The van der Waals surface area contributed by atoms with E-state index in [4.69, 9.17) is 4.42 Å². The van der Waals surface area contributed by atoms with E-state index in [0.29, 0.717) is 5.76 Å². The first-order valence-electron chi connectivity index (χ1n) is 5.37. The van der Waals surface area contributed by atoms with Crippen molar-refractivity contribution in [3.63, 3.8) is 0 Å². The fraction of sp³-hybridized carbons (Fsp3) is 0.214. The van der Waals surface area contributed by atoms with Gasteiger partial charge in [-0.3, -0.25) is 4.79 Å². The summed E-state index contributed by atoms with van der Waals surface area (Å²) in [6.07, 6.45) is 0. The molecule has 0 N–H and O–H groups in total. The van der Waals surface area contributed by atoms with Gasteiger partial charge in [0, 0.05) is 17.0 Å². The molecule has 0 aliphatic rings. The zero-order chi connectivity index (χ0) is 12.6. The van der Waals surface area contributed by atoms with Crippen LogP contribution in [0.2, 0.25) is 0 Å². The van der Waals surface area contributed by atoms with Crippen molar-refractivity contribution in [2.75, 3.05) is 0 Å². The lowest BCUT2D eigenvalue weighted by atomic mass is 10.0. The zero-order valence-corrected chi connectivity index (χ0v) is 11.6. The molecule has 0 bridgehead atoms. The van der Waals surface area contributed by atoms with Crippen molar-refractivity contribution in [2.24, 2.45) is 0 Å². The van der Waals surface area contributed by atoms with E-state index in [0.717, 1.165) is 21.4 Å². The molecule has 2 aromatic rings. The second-order valence-electron chi connectivity index (χ2n) is 4.16. The molecule has 88 valence electrons. The SMILES string of the molecule is CC(=O)c1ccc(-c2c(C)cc(C)cc2Br)o1. The van der Waals surface area contributed by atoms with Gasteiger partial charge < -0.3 is 4.42 Å². The molecule has 0 amide bonds. The van der Waals surface area contributed by atoms with Crippen molar-refractivity contribution in [3.05, 3.63) is 45.6 Å². The minimum absolute atomic E-state index is 0.0582. The quantitative estimate of drug-likeness (QED) is 0.761. The fourth-order valence-corrected chi connectivity index (χ4v) is 2.76. The van der Waals surface area contributed by atoms with Gasteiger partial charge in [0.1, 0.15) is 5.76 Å². The normalized spacial score (nSPS) is 10.6. The van der Waals surface area contributed by atoms with Crippen molar-refractivity contribution < 1.29 is 9.21 Å². The number of hydrogen-bond donors (Lipinski definition) is 0. The maximum atomic E-state index is 11.2. The molecule has 0 spiro atoms. The van der Waals surface area contributed by atoms with Gasteiger partial charge in [-0.15, -0.1) is 0 Å². The van der Waals surface area contributed by atoms with Crippen LogP contribution in [0.5, 0.6) is 0 Å². The Hall–Kier alpha value is -1.35. The van der Waals surface area contributed by atoms with Crippen LogP contribution in [0.15, 0.2) is 33.2 Å². The van der Waals surface area contributed by atoms with E-state index < -0.39 is 0 Å². The van der Waals surface area contributed by atoms with Crippen LogP contribution in [-0.4, -0.2) is 5.78 Å². The average molecular weight is 293 g/mol. The Labute approximate surface area is 109 Å². The van der Waals surface area contributed by atoms with E-state index in [1.54, 1.807) is 6.07 Å². The summed E-state index contributed by atoms with van der Waals surface area (Å²) in [6.45, 7) is 5.58. The van der Waals surface area contributed by atoms with Crippen molar-refractivity contribution in [1.29, 1.82) is 0 Å². The van der Waals surface area contributed by atoms with Crippen molar-refractivity contribution in [3.8, 4) is 11.3 Å². The summed E-state index contributed by atoms with van der Waals surface area (Å²) >= 11 is 3.54. The summed E-state index contributed by atoms with van der Waals surface area (Å²) in [5, 5.41) is 0. The average Bonchev–Trinajstić information content (AvgIpc) is 2.65. The van der Waals surface area contributed by atoms with Gasteiger partial charge in [-0.05, 0) is 43.2 Å². The largest absolute Gasteiger partial charge is 0.453 e.